The second kappa shape index (κ2) is 9.09. The van der Waals surface area contributed by atoms with Crippen LogP contribution in [0.2, 0.25) is 0 Å². The molecule has 0 unspecified atom stereocenters. The van der Waals surface area contributed by atoms with Crippen molar-refractivity contribution in [1.82, 2.24) is 14.7 Å². The largest absolute Gasteiger partial charge is 0.496 e. The van der Waals surface area contributed by atoms with Crippen molar-refractivity contribution in [3.8, 4) is 22.8 Å². The van der Waals surface area contributed by atoms with E-state index in [9.17, 15) is 13.6 Å². The van der Waals surface area contributed by atoms with Crippen molar-refractivity contribution in [3.05, 3.63) is 47.8 Å². The number of piperidine rings is 1. The third-order valence-electron chi connectivity index (χ3n) is 6.60. The van der Waals surface area contributed by atoms with E-state index in [1.54, 1.807) is 12.3 Å². The van der Waals surface area contributed by atoms with E-state index in [-0.39, 0.29) is 22.8 Å². The average molecular weight is 456 g/mol. The number of nitrogens with zero attached hydrogens (tertiary/aromatic N) is 2. The number of hydrogen-bond donors (Lipinski definition) is 1. The van der Waals surface area contributed by atoms with Gasteiger partial charge in [0.05, 0.1) is 19.0 Å². The van der Waals surface area contributed by atoms with Crippen molar-refractivity contribution < 1.29 is 23.0 Å². The van der Waals surface area contributed by atoms with Crippen LogP contribution in [0, 0.1) is 5.92 Å². The molecule has 0 spiro atoms. The Balaban J connectivity index is 1.54. The van der Waals surface area contributed by atoms with Crippen LogP contribution < -0.4 is 14.8 Å². The summed E-state index contributed by atoms with van der Waals surface area (Å²) in [6.07, 6.45) is 8.12. The summed E-state index contributed by atoms with van der Waals surface area (Å²) in [6, 6.07) is 7.36. The van der Waals surface area contributed by atoms with Gasteiger partial charge in [0.1, 0.15) is 22.7 Å². The number of benzene rings is 1. The van der Waals surface area contributed by atoms with Crippen LogP contribution in [0.25, 0.3) is 16.9 Å². The van der Waals surface area contributed by atoms with E-state index in [2.05, 4.69) is 22.4 Å². The van der Waals surface area contributed by atoms with E-state index in [1.807, 2.05) is 10.6 Å². The zero-order valence-corrected chi connectivity index (χ0v) is 18.5. The van der Waals surface area contributed by atoms with Crippen molar-refractivity contribution in [3.63, 3.8) is 0 Å². The molecule has 0 radical (unpaired) electrons. The van der Waals surface area contributed by atoms with Crippen molar-refractivity contribution in [1.29, 1.82) is 0 Å². The lowest BCUT2D eigenvalue weighted by Crippen LogP contribution is -2.26. The normalized spacial score (nSPS) is 17.0. The minimum atomic E-state index is -3.05. The number of nitrogens with one attached hydrogen (secondary N) is 1. The maximum absolute atomic E-state index is 13.2. The number of carbonyl (C=O) groups excluding carboxylic acids is 1. The van der Waals surface area contributed by atoms with Gasteiger partial charge in [-0.3, -0.25) is 9.20 Å². The van der Waals surface area contributed by atoms with Crippen LogP contribution in [0.15, 0.2) is 36.7 Å². The van der Waals surface area contributed by atoms with E-state index < -0.39 is 6.61 Å². The van der Waals surface area contributed by atoms with Gasteiger partial charge in [-0.15, -0.1) is 0 Å². The third kappa shape index (κ3) is 4.57. The molecule has 2 aliphatic rings. The molecule has 0 amide bonds. The van der Waals surface area contributed by atoms with Gasteiger partial charge in [0.2, 0.25) is 0 Å². The second-order valence-electron chi connectivity index (χ2n) is 8.86. The lowest BCUT2D eigenvalue weighted by molar-refractivity contribution is -0.0502. The average Bonchev–Trinajstić information content (AvgIpc) is 3.53. The molecule has 174 valence electrons. The van der Waals surface area contributed by atoms with Crippen LogP contribution in [0.3, 0.4) is 0 Å². The van der Waals surface area contributed by atoms with Crippen LogP contribution in [0.1, 0.15) is 53.9 Å². The summed E-state index contributed by atoms with van der Waals surface area (Å²) in [5, 5.41) is 3.38. The van der Waals surface area contributed by atoms with Crippen LogP contribution in [0.5, 0.6) is 11.5 Å². The Labute approximate surface area is 190 Å². The maximum atomic E-state index is 13.2. The first-order valence-corrected chi connectivity index (χ1v) is 11.4. The van der Waals surface area contributed by atoms with Crippen LogP contribution in [-0.4, -0.2) is 42.0 Å². The van der Waals surface area contributed by atoms with Crippen molar-refractivity contribution in [2.24, 2.45) is 5.92 Å². The summed E-state index contributed by atoms with van der Waals surface area (Å²) >= 11 is 0. The fourth-order valence-electron chi connectivity index (χ4n) is 4.67. The summed E-state index contributed by atoms with van der Waals surface area (Å²) in [6.45, 7) is -1.03. The van der Waals surface area contributed by atoms with Crippen molar-refractivity contribution >= 4 is 11.4 Å². The van der Waals surface area contributed by atoms with Gasteiger partial charge < -0.3 is 14.8 Å². The number of fused-ring (bicyclic) bond motifs is 1. The van der Waals surface area contributed by atoms with E-state index in [0.717, 1.165) is 44.4 Å². The second-order valence-corrected chi connectivity index (χ2v) is 8.86. The monoisotopic (exact) mass is 455 g/mol. The third-order valence-corrected chi connectivity index (χ3v) is 6.60. The fraction of sp³-hybridized carbons (Fsp3) is 0.440. The standard InChI is InChI=1S/C25H27F2N3O3/c1-32-21-11-18(12-22(33-25(26)27)24(21)20(31)10-15-2-3-15)19-14-29-23-13-17(6-9-30(19)23)16-4-7-28-8-5-16/h6,9,11-16,25,28H,2-5,7-8,10H2,1H3. The van der Waals surface area contributed by atoms with Gasteiger partial charge >= 0.3 is 6.61 Å². The van der Waals surface area contributed by atoms with E-state index in [4.69, 9.17) is 9.47 Å². The number of pyridine rings is 1. The molecule has 0 atom stereocenters. The van der Waals surface area contributed by atoms with Gasteiger partial charge in [0.25, 0.3) is 0 Å². The summed E-state index contributed by atoms with van der Waals surface area (Å²) < 4.78 is 38.6. The molecule has 1 N–H and O–H groups in total. The minimum absolute atomic E-state index is 0.0791. The van der Waals surface area contributed by atoms with Crippen LogP contribution in [-0.2, 0) is 0 Å². The topological polar surface area (TPSA) is 64.9 Å². The van der Waals surface area contributed by atoms with Crippen molar-refractivity contribution in [2.45, 2.75) is 44.6 Å². The summed E-state index contributed by atoms with van der Waals surface area (Å²) in [5.41, 5.74) is 3.41. The smallest absolute Gasteiger partial charge is 0.387 e. The summed E-state index contributed by atoms with van der Waals surface area (Å²) in [4.78, 5) is 17.4. The number of methoxy groups -OCH3 is 1. The number of carbonyl (C=O) groups is 1. The number of aromatic nitrogens is 2. The van der Waals surface area contributed by atoms with Crippen LogP contribution in [0.4, 0.5) is 8.78 Å². The lowest BCUT2D eigenvalue weighted by atomic mass is 9.91. The fourth-order valence-corrected chi connectivity index (χ4v) is 4.67. The first kappa shape index (κ1) is 21.8. The first-order chi connectivity index (χ1) is 16.0. The van der Waals surface area contributed by atoms with E-state index in [1.165, 1.54) is 18.7 Å². The molecule has 8 heteroatoms. The highest BCUT2D eigenvalue weighted by Crippen LogP contribution is 2.40. The Hall–Kier alpha value is -3.00. The molecule has 1 aromatic carbocycles. The molecule has 6 nitrogen and oxygen atoms in total. The van der Waals surface area contributed by atoms with Gasteiger partial charge in [-0.1, -0.05) is 0 Å². The number of hydrogen-bond acceptors (Lipinski definition) is 5. The highest BCUT2D eigenvalue weighted by Gasteiger charge is 2.30. The minimum Gasteiger partial charge on any atom is -0.496 e. The predicted octanol–water partition coefficient (Wildman–Crippen LogP) is 5.06. The molecule has 33 heavy (non-hydrogen) atoms. The summed E-state index contributed by atoms with van der Waals surface area (Å²) in [5.74, 6) is 0.649. The molecule has 0 bridgehead atoms. The quantitative estimate of drug-likeness (QED) is 0.481. The number of Topliss-reactive ketones (excluding diaryl/α,β-unsaturated/α-hetero) is 1. The molecule has 1 aliphatic heterocycles. The Bertz CT molecular complexity index is 1170. The molecule has 3 heterocycles. The SMILES string of the molecule is COc1cc(-c2cnc3cc(C4CCNCC4)ccn23)cc(OC(F)F)c1C(=O)CC1CC1. The number of ketones is 1. The van der Waals surface area contributed by atoms with Gasteiger partial charge in [-0.25, -0.2) is 4.98 Å². The van der Waals surface area contributed by atoms with Gasteiger partial charge in [-0.2, -0.15) is 8.78 Å². The number of rotatable bonds is 8. The lowest BCUT2D eigenvalue weighted by Gasteiger charge is -2.23. The molecule has 2 aromatic heterocycles. The van der Waals surface area contributed by atoms with Gasteiger partial charge in [0.15, 0.2) is 5.78 Å². The van der Waals surface area contributed by atoms with Crippen LogP contribution >= 0.6 is 0 Å². The van der Waals surface area contributed by atoms with E-state index in [0.29, 0.717) is 29.5 Å². The molecule has 1 aliphatic carbocycles. The summed E-state index contributed by atoms with van der Waals surface area (Å²) in [7, 11) is 1.43. The first-order valence-electron chi connectivity index (χ1n) is 11.4. The highest BCUT2D eigenvalue weighted by molar-refractivity contribution is 6.02. The zero-order chi connectivity index (χ0) is 22.9. The number of alkyl halides is 2. The Morgan fingerprint density at radius 2 is 1.94 bits per heavy atom. The van der Waals surface area contributed by atoms with Gasteiger partial charge in [-0.05, 0) is 80.4 Å². The number of imidazole rings is 1. The van der Waals surface area contributed by atoms with Crippen molar-refractivity contribution in [2.75, 3.05) is 20.2 Å². The predicted molar refractivity (Wildman–Crippen MR) is 120 cm³/mol. The molecular weight excluding hydrogens is 428 g/mol. The number of halogens is 2. The Kier molecular flexibility index (Phi) is 6.01. The molecule has 5 rings (SSSR count). The molecule has 3 aromatic rings. The molecule has 2 fully saturated rings. The van der Waals surface area contributed by atoms with Gasteiger partial charge in [0, 0.05) is 18.2 Å². The highest BCUT2D eigenvalue weighted by atomic mass is 19.3. The number of ether oxygens (including phenoxy) is 2. The van der Waals surface area contributed by atoms with E-state index >= 15 is 0 Å². The molecular formula is C25H27F2N3O3. The maximum Gasteiger partial charge on any atom is 0.387 e. The Morgan fingerprint density at radius 3 is 2.64 bits per heavy atom. The Morgan fingerprint density at radius 1 is 1.18 bits per heavy atom. The molecule has 1 saturated carbocycles. The zero-order valence-electron chi connectivity index (χ0n) is 18.5. The molecule has 1 saturated heterocycles.